The van der Waals surface area contributed by atoms with Crippen LogP contribution in [0.4, 0.5) is 5.69 Å². The van der Waals surface area contributed by atoms with Crippen molar-refractivity contribution in [3.63, 3.8) is 0 Å². The molecule has 3 nitrogen and oxygen atoms in total. The number of aromatic nitrogens is 1. The van der Waals surface area contributed by atoms with Crippen molar-refractivity contribution >= 4 is 34.5 Å². The molecule has 0 atom stereocenters. The van der Waals surface area contributed by atoms with E-state index in [2.05, 4.69) is 29.5 Å². The number of nitrogens with one attached hydrogen (secondary N) is 1. The van der Waals surface area contributed by atoms with Crippen LogP contribution in [0.25, 0.3) is 0 Å². The molecule has 2 rings (SSSR count). The molecule has 20 heavy (non-hydrogen) atoms. The summed E-state index contributed by atoms with van der Waals surface area (Å²) in [5.41, 5.74) is 1.82. The van der Waals surface area contributed by atoms with Crippen molar-refractivity contribution in [2.45, 2.75) is 32.6 Å². The minimum atomic E-state index is -0.0198. The van der Waals surface area contributed by atoms with Crippen LogP contribution in [0.5, 0.6) is 0 Å². The normalized spacial score (nSPS) is 10.8. The summed E-state index contributed by atoms with van der Waals surface area (Å²) in [5, 5.41) is 6.52. The average Bonchev–Trinajstić information content (AvgIpc) is 2.85. The zero-order valence-electron chi connectivity index (χ0n) is 11.5. The van der Waals surface area contributed by atoms with Crippen molar-refractivity contribution in [2.24, 2.45) is 0 Å². The van der Waals surface area contributed by atoms with Crippen LogP contribution in [0.1, 0.15) is 36.9 Å². The van der Waals surface area contributed by atoms with E-state index in [0.717, 1.165) is 16.4 Å². The Morgan fingerprint density at radius 2 is 2.25 bits per heavy atom. The van der Waals surface area contributed by atoms with Gasteiger partial charge < -0.3 is 5.32 Å². The van der Waals surface area contributed by atoms with Gasteiger partial charge in [-0.3, -0.25) is 4.79 Å². The maximum absolute atomic E-state index is 11.9. The molecule has 0 aliphatic rings. The number of carbonyl (C=O) groups excluding carboxylic acids is 1. The molecule has 2 aromatic rings. The number of nitrogens with zero attached hydrogens (tertiary/aromatic N) is 1. The number of aryl methyl sites for hydroxylation is 1. The van der Waals surface area contributed by atoms with Crippen LogP contribution in [-0.2, 0) is 11.2 Å². The first kappa shape index (κ1) is 15.0. The molecule has 0 saturated heterocycles. The second kappa shape index (κ2) is 6.86. The molecule has 1 aromatic heterocycles. The van der Waals surface area contributed by atoms with Crippen molar-refractivity contribution < 1.29 is 4.79 Å². The number of amides is 1. The number of carbonyl (C=O) groups is 1. The lowest BCUT2D eigenvalue weighted by atomic mass is 10.2. The third-order valence-electron chi connectivity index (χ3n) is 2.84. The van der Waals surface area contributed by atoms with E-state index in [1.54, 1.807) is 23.5 Å². The van der Waals surface area contributed by atoms with Gasteiger partial charge in [-0.15, -0.1) is 11.3 Å². The quantitative estimate of drug-likeness (QED) is 0.884. The number of hydrogen-bond acceptors (Lipinski definition) is 3. The lowest BCUT2D eigenvalue weighted by Crippen LogP contribution is -2.12. The van der Waals surface area contributed by atoms with Crippen molar-refractivity contribution in [1.82, 2.24) is 4.98 Å². The van der Waals surface area contributed by atoms with E-state index in [9.17, 15) is 4.79 Å². The molecule has 0 bridgehead atoms. The molecule has 0 unspecified atom stereocenters. The van der Waals surface area contributed by atoms with Crippen LogP contribution in [0.3, 0.4) is 0 Å². The zero-order chi connectivity index (χ0) is 14.5. The highest BCUT2D eigenvalue weighted by Gasteiger charge is 2.08. The predicted molar refractivity (Wildman–Crippen MR) is 84.6 cm³/mol. The molecule has 106 valence electrons. The highest BCUT2D eigenvalue weighted by molar-refractivity contribution is 7.09. The van der Waals surface area contributed by atoms with Crippen LogP contribution in [0.15, 0.2) is 29.6 Å². The number of thiazole rings is 1. The van der Waals surface area contributed by atoms with Crippen LogP contribution < -0.4 is 5.32 Å². The Hall–Kier alpha value is -1.39. The molecule has 0 saturated carbocycles. The van der Waals surface area contributed by atoms with E-state index >= 15 is 0 Å². The van der Waals surface area contributed by atoms with E-state index in [0.29, 0.717) is 23.8 Å². The summed E-state index contributed by atoms with van der Waals surface area (Å²) in [4.78, 5) is 16.4. The highest BCUT2D eigenvalue weighted by atomic mass is 35.5. The second-order valence-electron chi connectivity index (χ2n) is 4.88. The predicted octanol–water partition coefficient (Wildman–Crippen LogP) is 4.49. The molecular formula is C15H17ClN2OS. The first-order valence-electron chi connectivity index (χ1n) is 6.54. The van der Waals surface area contributed by atoms with Crippen LogP contribution >= 0.6 is 22.9 Å². The van der Waals surface area contributed by atoms with Gasteiger partial charge in [-0.25, -0.2) is 4.98 Å². The molecule has 1 heterocycles. The standard InChI is InChI=1S/C15H17ClN2OS/c1-10(2)13-9-20-15(18-13)7-6-14(19)17-12-5-3-4-11(16)8-12/h3-5,8-10H,6-7H2,1-2H3,(H,17,19). The van der Waals surface area contributed by atoms with Crippen LogP contribution in [-0.4, -0.2) is 10.9 Å². The Morgan fingerprint density at radius 1 is 1.45 bits per heavy atom. The van der Waals surface area contributed by atoms with Gasteiger partial charge >= 0.3 is 0 Å². The maximum Gasteiger partial charge on any atom is 0.224 e. The Bertz CT molecular complexity index is 595. The van der Waals surface area contributed by atoms with Crippen molar-refractivity contribution in [1.29, 1.82) is 0 Å². The van der Waals surface area contributed by atoms with Crippen molar-refractivity contribution in [3.8, 4) is 0 Å². The topological polar surface area (TPSA) is 42.0 Å². The van der Waals surface area contributed by atoms with Crippen molar-refractivity contribution in [3.05, 3.63) is 45.4 Å². The SMILES string of the molecule is CC(C)c1csc(CCC(=O)Nc2cccc(Cl)c2)n1. The summed E-state index contributed by atoms with van der Waals surface area (Å²) in [7, 11) is 0. The summed E-state index contributed by atoms with van der Waals surface area (Å²) < 4.78 is 0. The summed E-state index contributed by atoms with van der Waals surface area (Å²) in [6.07, 6.45) is 1.10. The van der Waals surface area contributed by atoms with Gasteiger partial charge in [0.2, 0.25) is 5.91 Å². The molecule has 0 aliphatic carbocycles. The van der Waals surface area contributed by atoms with E-state index in [-0.39, 0.29) is 5.91 Å². The number of halogens is 1. The van der Waals surface area contributed by atoms with E-state index in [1.165, 1.54) is 0 Å². The summed E-state index contributed by atoms with van der Waals surface area (Å²) >= 11 is 7.49. The molecule has 0 radical (unpaired) electrons. The number of benzene rings is 1. The molecule has 1 amide bonds. The fraction of sp³-hybridized carbons (Fsp3) is 0.333. The fourth-order valence-corrected chi connectivity index (χ4v) is 2.87. The summed E-state index contributed by atoms with van der Waals surface area (Å²) in [5.74, 6) is 0.411. The Balaban J connectivity index is 1.85. The number of rotatable bonds is 5. The van der Waals surface area contributed by atoms with Crippen LogP contribution in [0.2, 0.25) is 5.02 Å². The van der Waals surface area contributed by atoms with Gasteiger partial charge in [0, 0.05) is 28.9 Å². The number of anilines is 1. The summed E-state index contributed by atoms with van der Waals surface area (Å²) in [6.45, 7) is 4.23. The monoisotopic (exact) mass is 308 g/mol. The molecule has 1 N–H and O–H groups in total. The molecule has 0 spiro atoms. The van der Waals surface area contributed by atoms with Gasteiger partial charge in [0.25, 0.3) is 0 Å². The Kier molecular flexibility index (Phi) is 5.15. The third kappa shape index (κ3) is 4.32. The summed E-state index contributed by atoms with van der Waals surface area (Å²) in [6, 6.07) is 7.15. The Morgan fingerprint density at radius 3 is 2.90 bits per heavy atom. The molecular weight excluding hydrogens is 292 g/mol. The zero-order valence-corrected chi connectivity index (χ0v) is 13.1. The molecule has 0 aliphatic heterocycles. The van der Waals surface area contributed by atoms with Crippen LogP contribution in [0, 0.1) is 0 Å². The van der Waals surface area contributed by atoms with Gasteiger partial charge in [0.05, 0.1) is 10.7 Å². The highest BCUT2D eigenvalue weighted by Crippen LogP contribution is 2.19. The maximum atomic E-state index is 11.9. The van der Waals surface area contributed by atoms with Gasteiger partial charge in [-0.2, -0.15) is 0 Å². The second-order valence-corrected chi connectivity index (χ2v) is 6.26. The third-order valence-corrected chi connectivity index (χ3v) is 4.00. The molecule has 1 aromatic carbocycles. The van der Waals surface area contributed by atoms with E-state index in [1.807, 2.05) is 12.1 Å². The fourth-order valence-electron chi connectivity index (χ4n) is 1.72. The number of hydrogen-bond donors (Lipinski definition) is 1. The minimum Gasteiger partial charge on any atom is -0.326 e. The van der Waals surface area contributed by atoms with Gasteiger partial charge in [-0.05, 0) is 24.1 Å². The molecule has 5 heteroatoms. The van der Waals surface area contributed by atoms with Gasteiger partial charge in [0.1, 0.15) is 0 Å². The first-order valence-corrected chi connectivity index (χ1v) is 7.80. The Labute approximate surface area is 128 Å². The van der Waals surface area contributed by atoms with Gasteiger partial charge in [-0.1, -0.05) is 31.5 Å². The van der Waals surface area contributed by atoms with Gasteiger partial charge in [0.15, 0.2) is 0 Å². The largest absolute Gasteiger partial charge is 0.326 e. The molecule has 0 fully saturated rings. The van der Waals surface area contributed by atoms with E-state index < -0.39 is 0 Å². The lowest BCUT2D eigenvalue weighted by Gasteiger charge is -2.04. The minimum absolute atomic E-state index is 0.0198. The smallest absolute Gasteiger partial charge is 0.224 e. The van der Waals surface area contributed by atoms with E-state index in [4.69, 9.17) is 11.6 Å². The first-order chi connectivity index (χ1) is 9.54. The average molecular weight is 309 g/mol. The van der Waals surface area contributed by atoms with Crippen molar-refractivity contribution in [2.75, 3.05) is 5.32 Å². The lowest BCUT2D eigenvalue weighted by molar-refractivity contribution is -0.116.